The Morgan fingerprint density at radius 2 is 1.65 bits per heavy atom. The summed E-state index contributed by atoms with van der Waals surface area (Å²) in [6.07, 6.45) is 8.40. The maximum absolute atomic E-state index is 15.2. The van der Waals surface area contributed by atoms with Crippen molar-refractivity contribution in [1.29, 1.82) is 0 Å². The second-order valence-corrected chi connectivity index (χ2v) is 10.9. The normalized spacial score (nSPS) is 24.3. The van der Waals surface area contributed by atoms with Crippen LogP contribution in [0.3, 0.4) is 0 Å². The second-order valence-electron chi connectivity index (χ2n) is 10.9. The van der Waals surface area contributed by atoms with Crippen LogP contribution < -0.4 is 4.74 Å². The van der Waals surface area contributed by atoms with Gasteiger partial charge in [-0.05, 0) is 70.1 Å². The maximum atomic E-state index is 15.2. The van der Waals surface area contributed by atoms with Gasteiger partial charge in [-0.3, -0.25) is 9.59 Å². The van der Waals surface area contributed by atoms with Gasteiger partial charge in [-0.15, -0.1) is 0 Å². The number of carbonyl (C=O) groups is 2. The van der Waals surface area contributed by atoms with Gasteiger partial charge in [-0.25, -0.2) is 4.39 Å². The van der Waals surface area contributed by atoms with E-state index in [1.807, 2.05) is 48.2 Å². The van der Waals surface area contributed by atoms with Crippen molar-refractivity contribution in [2.24, 2.45) is 0 Å². The molecule has 2 amide bonds. The number of amides is 2. The summed E-state index contributed by atoms with van der Waals surface area (Å²) in [4.78, 5) is 31.9. The number of benzene rings is 2. The summed E-state index contributed by atoms with van der Waals surface area (Å²) in [7, 11) is 0. The van der Waals surface area contributed by atoms with E-state index in [4.69, 9.17) is 4.74 Å². The molecule has 0 saturated heterocycles. The first-order valence-corrected chi connectivity index (χ1v) is 14.2. The summed E-state index contributed by atoms with van der Waals surface area (Å²) >= 11 is 0. The third-order valence-corrected chi connectivity index (χ3v) is 8.73. The summed E-state index contributed by atoms with van der Waals surface area (Å²) in [5.74, 6) is 0.378. The lowest BCUT2D eigenvalue weighted by atomic mass is 9.76. The molecule has 3 aliphatic rings. The van der Waals surface area contributed by atoms with Crippen molar-refractivity contribution in [3.05, 3.63) is 65.5 Å². The highest BCUT2D eigenvalue weighted by atomic mass is 19.1. The Bertz CT molecular complexity index is 1110. The second kappa shape index (κ2) is 11.2. The third-order valence-electron chi connectivity index (χ3n) is 8.73. The van der Waals surface area contributed by atoms with Crippen molar-refractivity contribution in [2.45, 2.75) is 88.7 Å². The summed E-state index contributed by atoms with van der Waals surface area (Å²) in [6, 6.07) is 14.3. The summed E-state index contributed by atoms with van der Waals surface area (Å²) < 4.78 is 21.8. The van der Waals surface area contributed by atoms with Crippen LogP contribution in [0.1, 0.15) is 87.1 Å². The van der Waals surface area contributed by atoms with Gasteiger partial charge in [0.25, 0.3) is 5.91 Å². The lowest BCUT2D eigenvalue weighted by Crippen LogP contribution is -2.56. The molecule has 37 heavy (non-hydrogen) atoms. The van der Waals surface area contributed by atoms with Gasteiger partial charge in [0.1, 0.15) is 17.7 Å². The van der Waals surface area contributed by atoms with Crippen molar-refractivity contribution >= 4 is 11.8 Å². The molecule has 2 aromatic carbocycles. The first-order chi connectivity index (χ1) is 18.0. The molecule has 0 radical (unpaired) electrons. The monoisotopic (exact) mass is 506 g/mol. The summed E-state index contributed by atoms with van der Waals surface area (Å²) in [5, 5.41) is 0. The Morgan fingerprint density at radius 1 is 0.946 bits per heavy atom. The average Bonchev–Trinajstić information content (AvgIpc) is 3.42. The topological polar surface area (TPSA) is 49.9 Å². The van der Waals surface area contributed by atoms with Crippen LogP contribution in [0.4, 0.5) is 4.39 Å². The van der Waals surface area contributed by atoms with E-state index in [9.17, 15) is 9.59 Å². The Hall–Kier alpha value is -2.89. The number of para-hydroxylation sites is 1. The first-order valence-electron chi connectivity index (χ1n) is 14.2. The van der Waals surface area contributed by atoms with Crippen molar-refractivity contribution in [3.63, 3.8) is 0 Å². The molecule has 2 aromatic rings. The molecule has 0 spiro atoms. The molecule has 0 bridgehead atoms. The van der Waals surface area contributed by atoms with E-state index in [1.54, 1.807) is 6.07 Å². The number of nitrogens with zero attached hydrogens (tertiary/aromatic N) is 2. The SMILES string of the molecule is CCN1CCCCN(C(=O)C2(c3ccccc3F)CCCC2)[C@@H]2CCCC[C@@H]2Oc2ccccc2C1=O. The quantitative estimate of drug-likeness (QED) is 0.505. The minimum absolute atomic E-state index is 0.00317. The fourth-order valence-electron chi connectivity index (χ4n) is 6.76. The van der Waals surface area contributed by atoms with Crippen LogP contribution in [0, 0.1) is 5.82 Å². The van der Waals surface area contributed by atoms with Crippen molar-refractivity contribution < 1.29 is 18.7 Å². The average molecular weight is 507 g/mol. The van der Waals surface area contributed by atoms with E-state index in [0.717, 1.165) is 51.4 Å². The number of hydrogen-bond acceptors (Lipinski definition) is 3. The Balaban J connectivity index is 1.54. The number of carbonyl (C=O) groups excluding carboxylic acids is 2. The minimum atomic E-state index is -0.812. The molecule has 0 aromatic heterocycles. The molecule has 0 unspecified atom stereocenters. The fraction of sp³-hybridized carbons (Fsp3) is 0.548. The van der Waals surface area contributed by atoms with E-state index >= 15 is 4.39 Å². The van der Waals surface area contributed by atoms with Gasteiger partial charge in [0.15, 0.2) is 0 Å². The fourth-order valence-corrected chi connectivity index (χ4v) is 6.76. The molecule has 5 rings (SSSR count). The number of hydrogen-bond donors (Lipinski definition) is 0. The highest BCUT2D eigenvalue weighted by Crippen LogP contribution is 2.45. The smallest absolute Gasteiger partial charge is 0.257 e. The van der Waals surface area contributed by atoms with Gasteiger partial charge in [0, 0.05) is 25.2 Å². The molecule has 1 heterocycles. The Morgan fingerprint density at radius 3 is 2.43 bits per heavy atom. The van der Waals surface area contributed by atoms with Crippen LogP contribution in [0.25, 0.3) is 0 Å². The molecule has 6 heteroatoms. The molecule has 1 aliphatic heterocycles. The molecule has 2 atom stereocenters. The minimum Gasteiger partial charge on any atom is -0.487 e. The molecule has 5 nitrogen and oxygen atoms in total. The van der Waals surface area contributed by atoms with Crippen LogP contribution in [0.5, 0.6) is 5.75 Å². The maximum Gasteiger partial charge on any atom is 0.257 e. The number of rotatable bonds is 3. The molecule has 2 fully saturated rings. The first kappa shape index (κ1) is 25.7. The van der Waals surface area contributed by atoms with Crippen molar-refractivity contribution in [1.82, 2.24) is 9.80 Å². The van der Waals surface area contributed by atoms with E-state index in [1.165, 1.54) is 6.07 Å². The zero-order valence-corrected chi connectivity index (χ0v) is 22.0. The predicted octanol–water partition coefficient (Wildman–Crippen LogP) is 6.11. The Kier molecular flexibility index (Phi) is 7.82. The van der Waals surface area contributed by atoms with E-state index in [-0.39, 0.29) is 29.8 Å². The molecule has 2 aliphatic carbocycles. The molecule has 2 saturated carbocycles. The van der Waals surface area contributed by atoms with Crippen molar-refractivity contribution in [2.75, 3.05) is 19.6 Å². The van der Waals surface area contributed by atoms with E-state index < -0.39 is 5.41 Å². The zero-order chi connectivity index (χ0) is 25.8. The number of ether oxygens (including phenoxy) is 1. The largest absolute Gasteiger partial charge is 0.487 e. The third kappa shape index (κ3) is 4.99. The van der Waals surface area contributed by atoms with Gasteiger partial charge >= 0.3 is 0 Å². The van der Waals surface area contributed by atoms with Crippen LogP contribution >= 0.6 is 0 Å². The van der Waals surface area contributed by atoms with E-state index in [2.05, 4.69) is 4.90 Å². The van der Waals surface area contributed by atoms with E-state index in [0.29, 0.717) is 49.4 Å². The highest BCUT2D eigenvalue weighted by Gasteiger charge is 2.49. The molecule has 0 N–H and O–H groups in total. The van der Waals surface area contributed by atoms with Gasteiger partial charge in [-0.2, -0.15) is 0 Å². The Labute approximate surface area is 220 Å². The number of fused-ring (bicyclic) bond motifs is 2. The van der Waals surface area contributed by atoms with Gasteiger partial charge in [0.2, 0.25) is 5.91 Å². The van der Waals surface area contributed by atoms with Crippen LogP contribution in [-0.2, 0) is 10.2 Å². The lowest BCUT2D eigenvalue weighted by Gasteiger charge is -2.44. The molecular formula is C31H39FN2O3. The molecule has 198 valence electrons. The highest BCUT2D eigenvalue weighted by molar-refractivity contribution is 5.97. The van der Waals surface area contributed by atoms with Crippen LogP contribution in [0.15, 0.2) is 48.5 Å². The van der Waals surface area contributed by atoms with Gasteiger partial charge in [-0.1, -0.05) is 49.6 Å². The van der Waals surface area contributed by atoms with Gasteiger partial charge < -0.3 is 14.5 Å². The molecular weight excluding hydrogens is 467 g/mol. The van der Waals surface area contributed by atoms with Crippen LogP contribution in [0.2, 0.25) is 0 Å². The van der Waals surface area contributed by atoms with Crippen molar-refractivity contribution in [3.8, 4) is 5.75 Å². The number of halogens is 1. The standard InChI is InChI=1S/C31H39FN2O3/c1-2-33-21-11-12-22-34(30(36)31(19-9-10-20-31)24-14-4-5-15-25(24)32)26-16-6-8-18-28(26)37-27-17-7-3-13-23(27)29(33)35/h3-5,7,13-15,17,26,28H,2,6,8-12,16,18-22H2,1H3/t26-,28+/m1/s1. The summed E-state index contributed by atoms with van der Waals surface area (Å²) in [5.41, 5.74) is 0.323. The summed E-state index contributed by atoms with van der Waals surface area (Å²) in [6.45, 7) is 3.86. The predicted molar refractivity (Wildman–Crippen MR) is 142 cm³/mol. The zero-order valence-electron chi connectivity index (χ0n) is 22.0. The lowest BCUT2D eigenvalue weighted by molar-refractivity contribution is -0.143. The van der Waals surface area contributed by atoms with Gasteiger partial charge in [0.05, 0.1) is 17.0 Å². The van der Waals surface area contributed by atoms with Crippen LogP contribution in [-0.4, -0.2) is 53.4 Å².